The lowest BCUT2D eigenvalue weighted by molar-refractivity contribution is 0.272. The van der Waals surface area contributed by atoms with Crippen molar-refractivity contribution in [1.82, 2.24) is 4.90 Å². The molecule has 1 saturated heterocycles. The summed E-state index contributed by atoms with van der Waals surface area (Å²) in [5, 5.41) is 8.68. The van der Waals surface area contributed by atoms with E-state index in [1.807, 2.05) is 7.05 Å². The van der Waals surface area contributed by atoms with Crippen molar-refractivity contribution >= 4 is 0 Å². The third-order valence-electron chi connectivity index (χ3n) is 2.70. The van der Waals surface area contributed by atoms with Crippen molar-refractivity contribution in [3.63, 3.8) is 0 Å². The molecule has 0 saturated carbocycles. The first kappa shape index (κ1) is 7.56. The minimum absolute atomic E-state index is 0.157. The third-order valence-corrected chi connectivity index (χ3v) is 2.70. The number of nitriles is 1. The predicted octanol–water partition coefficient (Wildman–Crippen LogP) is 1.24. The quantitative estimate of drug-likeness (QED) is 0.503. The van der Waals surface area contributed by atoms with Gasteiger partial charge >= 0.3 is 0 Å². The van der Waals surface area contributed by atoms with E-state index in [0.717, 1.165) is 6.42 Å². The molecule has 2 heteroatoms. The molecule has 3 unspecified atom stereocenters. The summed E-state index contributed by atoms with van der Waals surface area (Å²) in [6.07, 6.45) is 1.04. The fraction of sp³-hybridized carbons (Fsp3) is 0.875. The molecule has 0 amide bonds. The van der Waals surface area contributed by atoms with Crippen LogP contribution in [0.15, 0.2) is 0 Å². The molecule has 1 fully saturated rings. The van der Waals surface area contributed by atoms with Crippen LogP contribution in [0, 0.1) is 17.2 Å². The van der Waals surface area contributed by atoms with Crippen molar-refractivity contribution in [3.05, 3.63) is 0 Å². The first-order valence-electron chi connectivity index (χ1n) is 3.78. The average Bonchev–Trinajstić information content (AvgIpc) is 2.17. The molecule has 1 heterocycles. The molecule has 3 atom stereocenters. The Hall–Kier alpha value is -0.550. The first-order valence-corrected chi connectivity index (χ1v) is 3.78. The molecule has 10 heavy (non-hydrogen) atoms. The van der Waals surface area contributed by atoms with Gasteiger partial charge < -0.3 is 0 Å². The van der Waals surface area contributed by atoms with Crippen molar-refractivity contribution < 1.29 is 0 Å². The molecule has 0 aromatic rings. The van der Waals surface area contributed by atoms with Gasteiger partial charge in [-0.2, -0.15) is 5.26 Å². The molecule has 0 aromatic carbocycles. The van der Waals surface area contributed by atoms with Crippen molar-refractivity contribution in [3.8, 4) is 6.07 Å². The normalized spacial score (nSPS) is 41.6. The molecule has 56 valence electrons. The highest BCUT2D eigenvalue weighted by atomic mass is 15.2. The van der Waals surface area contributed by atoms with Gasteiger partial charge in [0.2, 0.25) is 0 Å². The minimum atomic E-state index is 0.157. The molecule has 0 spiro atoms. The van der Waals surface area contributed by atoms with E-state index < -0.39 is 0 Å². The van der Waals surface area contributed by atoms with Crippen LogP contribution in [0.4, 0.5) is 0 Å². The number of likely N-dealkylation sites (tertiary alicyclic amines) is 1. The molecule has 0 N–H and O–H groups in total. The van der Waals surface area contributed by atoms with Crippen LogP contribution in [0.25, 0.3) is 0 Å². The van der Waals surface area contributed by atoms with Gasteiger partial charge in [-0.05, 0) is 26.3 Å². The van der Waals surface area contributed by atoms with Gasteiger partial charge in [0.05, 0.1) is 12.1 Å². The van der Waals surface area contributed by atoms with Gasteiger partial charge in [0.25, 0.3) is 0 Å². The second-order valence-electron chi connectivity index (χ2n) is 3.26. The van der Waals surface area contributed by atoms with Gasteiger partial charge in [0.1, 0.15) is 0 Å². The van der Waals surface area contributed by atoms with E-state index in [2.05, 4.69) is 24.8 Å². The zero-order chi connectivity index (χ0) is 7.72. The monoisotopic (exact) mass is 138 g/mol. The molecule has 0 aliphatic carbocycles. The lowest BCUT2D eigenvalue weighted by Crippen LogP contribution is -2.30. The van der Waals surface area contributed by atoms with Crippen LogP contribution in [0.2, 0.25) is 0 Å². The van der Waals surface area contributed by atoms with Crippen LogP contribution in [-0.2, 0) is 0 Å². The molecule has 0 bridgehead atoms. The Kier molecular flexibility index (Phi) is 1.96. The van der Waals surface area contributed by atoms with Crippen molar-refractivity contribution in [2.45, 2.75) is 32.4 Å². The standard InChI is InChI=1S/C8H14N2/c1-6-4-8(5-9)10(3)7(6)2/h6-8H,4H2,1-3H3. The largest absolute Gasteiger partial charge is 0.288 e. The summed E-state index contributed by atoms with van der Waals surface area (Å²) in [4.78, 5) is 2.16. The maximum absolute atomic E-state index is 8.68. The molecule has 1 aliphatic rings. The fourth-order valence-corrected chi connectivity index (χ4v) is 1.54. The Balaban J connectivity index is 2.64. The minimum Gasteiger partial charge on any atom is -0.288 e. The topological polar surface area (TPSA) is 27.0 Å². The van der Waals surface area contributed by atoms with Crippen LogP contribution < -0.4 is 0 Å². The lowest BCUT2D eigenvalue weighted by Gasteiger charge is -2.18. The first-order chi connectivity index (χ1) is 4.66. The molecular formula is C8H14N2. The number of hydrogen-bond acceptors (Lipinski definition) is 2. The number of hydrogen-bond donors (Lipinski definition) is 0. The third kappa shape index (κ3) is 1.02. The van der Waals surface area contributed by atoms with E-state index >= 15 is 0 Å². The summed E-state index contributed by atoms with van der Waals surface area (Å²) in [5.74, 6) is 0.676. The number of nitrogens with zero attached hydrogens (tertiary/aromatic N) is 2. The van der Waals surface area contributed by atoms with Crippen molar-refractivity contribution in [2.24, 2.45) is 5.92 Å². The molecule has 2 nitrogen and oxygen atoms in total. The maximum Gasteiger partial charge on any atom is 0.0980 e. The summed E-state index contributed by atoms with van der Waals surface area (Å²) in [5.41, 5.74) is 0. The highest BCUT2D eigenvalue weighted by Crippen LogP contribution is 2.26. The fourth-order valence-electron chi connectivity index (χ4n) is 1.54. The summed E-state index contributed by atoms with van der Waals surface area (Å²) in [6, 6.07) is 3.03. The lowest BCUT2D eigenvalue weighted by atomic mass is 10.0. The molecule has 0 aromatic heterocycles. The van der Waals surface area contributed by atoms with Gasteiger partial charge in [0, 0.05) is 6.04 Å². The van der Waals surface area contributed by atoms with Gasteiger partial charge in [-0.1, -0.05) is 6.92 Å². The second-order valence-corrected chi connectivity index (χ2v) is 3.26. The van der Waals surface area contributed by atoms with Crippen LogP contribution in [0.3, 0.4) is 0 Å². The van der Waals surface area contributed by atoms with E-state index in [9.17, 15) is 0 Å². The van der Waals surface area contributed by atoms with E-state index in [-0.39, 0.29) is 6.04 Å². The van der Waals surface area contributed by atoms with Gasteiger partial charge in [-0.15, -0.1) is 0 Å². The molecule has 0 radical (unpaired) electrons. The van der Waals surface area contributed by atoms with E-state index in [1.165, 1.54) is 0 Å². The average molecular weight is 138 g/mol. The molecular weight excluding hydrogens is 124 g/mol. The zero-order valence-electron chi connectivity index (χ0n) is 6.83. The molecule has 1 aliphatic heterocycles. The van der Waals surface area contributed by atoms with Crippen molar-refractivity contribution in [2.75, 3.05) is 7.05 Å². The van der Waals surface area contributed by atoms with Crippen molar-refractivity contribution in [1.29, 1.82) is 5.26 Å². The Bertz CT molecular complexity index is 159. The highest BCUT2D eigenvalue weighted by molar-refractivity contribution is 4.99. The van der Waals surface area contributed by atoms with Crippen LogP contribution in [0.5, 0.6) is 0 Å². The van der Waals surface area contributed by atoms with Gasteiger partial charge in [-0.25, -0.2) is 0 Å². The Morgan fingerprint density at radius 2 is 2.10 bits per heavy atom. The van der Waals surface area contributed by atoms with Gasteiger partial charge in [0.15, 0.2) is 0 Å². The Labute approximate surface area is 62.4 Å². The van der Waals surface area contributed by atoms with E-state index in [1.54, 1.807) is 0 Å². The Morgan fingerprint density at radius 1 is 1.50 bits per heavy atom. The Morgan fingerprint density at radius 3 is 2.30 bits per heavy atom. The summed E-state index contributed by atoms with van der Waals surface area (Å²) in [7, 11) is 2.03. The van der Waals surface area contributed by atoms with Crippen LogP contribution in [-0.4, -0.2) is 24.0 Å². The summed E-state index contributed by atoms with van der Waals surface area (Å²) >= 11 is 0. The molecule has 1 rings (SSSR count). The maximum atomic E-state index is 8.68. The van der Waals surface area contributed by atoms with E-state index in [4.69, 9.17) is 5.26 Å². The predicted molar refractivity (Wildman–Crippen MR) is 40.4 cm³/mol. The van der Waals surface area contributed by atoms with Gasteiger partial charge in [-0.3, -0.25) is 4.90 Å². The summed E-state index contributed by atoms with van der Waals surface area (Å²) < 4.78 is 0. The SMILES string of the molecule is CC1CC(C#N)N(C)C1C. The van der Waals surface area contributed by atoms with Crippen LogP contribution >= 0.6 is 0 Å². The smallest absolute Gasteiger partial charge is 0.0980 e. The highest BCUT2D eigenvalue weighted by Gasteiger charge is 2.32. The summed E-state index contributed by atoms with van der Waals surface area (Å²) in [6.45, 7) is 4.39. The number of rotatable bonds is 0. The second kappa shape index (κ2) is 2.59. The zero-order valence-corrected chi connectivity index (χ0v) is 6.83. The van der Waals surface area contributed by atoms with E-state index in [0.29, 0.717) is 12.0 Å². The van der Waals surface area contributed by atoms with Crippen LogP contribution in [0.1, 0.15) is 20.3 Å².